The first-order chi connectivity index (χ1) is 17.9. The molecule has 38 heavy (non-hydrogen) atoms. The van der Waals surface area contributed by atoms with E-state index < -0.39 is 56.4 Å². The van der Waals surface area contributed by atoms with E-state index >= 15 is 0 Å². The number of nitrogens with zero attached hydrogens (tertiary/aromatic N) is 2. The zero-order valence-corrected chi connectivity index (χ0v) is 24.6. The maximum Gasteiger partial charge on any atom is 0.510 e. The summed E-state index contributed by atoms with van der Waals surface area (Å²) in [6.07, 6.45) is -2.93. The van der Waals surface area contributed by atoms with Gasteiger partial charge in [-0.25, -0.2) is 23.2 Å². The number of carbonyl (C=O) groups is 3. The highest BCUT2D eigenvalue weighted by atomic mass is 31.2. The lowest BCUT2D eigenvalue weighted by Crippen LogP contribution is -2.38. The third-order valence-corrected chi connectivity index (χ3v) is 6.57. The first kappa shape index (κ1) is 35.4. The van der Waals surface area contributed by atoms with Crippen LogP contribution in [0.1, 0.15) is 67.2 Å². The third kappa shape index (κ3) is 13.8. The Morgan fingerprint density at radius 1 is 0.868 bits per heavy atom. The minimum atomic E-state index is -4.69. The van der Waals surface area contributed by atoms with Crippen LogP contribution in [-0.4, -0.2) is 75.6 Å². The second-order valence-electron chi connectivity index (χ2n) is 8.51. The molecule has 0 saturated carbocycles. The van der Waals surface area contributed by atoms with Crippen LogP contribution in [0.4, 0.5) is 9.59 Å². The van der Waals surface area contributed by atoms with Gasteiger partial charge >= 0.3 is 26.0 Å². The Morgan fingerprint density at radius 2 is 1.29 bits per heavy atom. The molecule has 0 amide bonds. The lowest BCUT2D eigenvalue weighted by Gasteiger charge is -2.29. The van der Waals surface area contributed by atoms with E-state index in [9.17, 15) is 18.9 Å². The number of esters is 1. The summed E-state index contributed by atoms with van der Waals surface area (Å²) < 4.78 is 54.3. The van der Waals surface area contributed by atoms with Gasteiger partial charge in [-0.3, -0.25) is 4.79 Å². The SMILES string of the molecule is CCCOC(=O)OC(OP(=O)(/N=C(\N)N(C)CC(=O)OC)OC(OC(=O)OCCC)C(C)CC)C(C)CC. The molecule has 0 aromatic rings. The van der Waals surface area contributed by atoms with E-state index in [0.29, 0.717) is 25.7 Å². The summed E-state index contributed by atoms with van der Waals surface area (Å²) in [5.74, 6) is -2.02. The molecule has 0 bridgehead atoms. The summed E-state index contributed by atoms with van der Waals surface area (Å²) in [5, 5.41) is 0. The number of hydrogen-bond acceptors (Lipinski definition) is 11. The number of methoxy groups -OCH3 is 1. The van der Waals surface area contributed by atoms with Gasteiger partial charge in [-0.05, 0) is 25.7 Å². The highest BCUT2D eigenvalue weighted by molar-refractivity contribution is 7.52. The van der Waals surface area contributed by atoms with Gasteiger partial charge in [0.2, 0.25) is 18.5 Å². The predicted octanol–water partition coefficient (Wildman–Crippen LogP) is 4.42. The molecular formula is C23H44N3O11P. The number of nitrogens with two attached hydrogens (primary N) is 1. The van der Waals surface area contributed by atoms with Crippen LogP contribution in [0.25, 0.3) is 0 Å². The maximum atomic E-state index is 14.0. The van der Waals surface area contributed by atoms with Gasteiger partial charge in [0.15, 0.2) is 0 Å². The van der Waals surface area contributed by atoms with Crippen molar-refractivity contribution in [3.63, 3.8) is 0 Å². The molecule has 4 unspecified atom stereocenters. The molecule has 0 fully saturated rings. The monoisotopic (exact) mass is 569 g/mol. The Hall–Kier alpha value is -2.57. The van der Waals surface area contributed by atoms with Crippen molar-refractivity contribution in [3.05, 3.63) is 0 Å². The van der Waals surface area contributed by atoms with Crippen molar-refractivity contribution in [3.8, 4) is 0 Å². The van der Waals surface area contributed by atoms with Crippen LogP contribution in [0.5, 0.6) is 0 Å². The minimum absolute atomic E-state index is 0.105. The van der Waals surface area contributed by atoms with Crippen molar-refractivity contribution < 1.29 is 51.7 Å². The molecule has 2 N–H and O–H groups in total. The molecule has 222 valence electrons. The number of hydrogen-bond donors (Lipinski definition) is 1. The van der Waals surface area contributed by atoms with Crippen molar-refractivity contribution in [2.75, 3.05) is 33.9 Å². The molecule has 0 spiro atoms. The number of guanidine groups is 1. The van der Waals surface area contributed by atoms with Crippen LogP contribution in [0.2, 0.25) is 0 Å². The topological polar surface area (TPSA) is 175 Å². The zero-order valence-electron chi connectivity index (χ0n) is 23.7. The molecular weight excluding hydrogens is 525 g/mol. The Labute approximate surface area is 225 Å². The molecule has 0 heterocycles. The zero-order chi connectivity index (χ0) is 29.3. The van der Waals surface area contributed by atoms with Crippen LogP contribution >= 0.6 is 7.75 Å². The van der Waals surface area contributed by atoms with Crippen molar-refractivity contribution in [2.45, 2.75) is 79.8 Å². The Morgan fingerprint density at radius 3 is 1.63 bits per heavy atom. The van der Waals surface area contributed by atoms with Crippen LogP contribution in [0, 0.1) is 11.8 Å². The highest BCUT2D eigenvalue weighted by Crippen LogP contribution is 2.54. The standard InChI is InChI=1S/C23H44N3O11P/c1-9-13-32-22(28)34-19(16(5)11-3)36-38(30,25-21(24)26(7)15-18(27)31-8)37-20(17(6)12-4)35-23(29)33-14-10-2/h16-17,19-20H,9-15H2,1-8H3,(H2,24,25,30). The minimum Gasteiger partial charge on any atom is -0.468 e. The van der Waals surface area contributed by atoms with Crippen molar-refractivity contribution >= 4 is 32.0 Å². The van der Waals surface area contributed by atoms with Gasteiger partial charge < -0.3 is 34.3 Å². The van der Waals surface area contributed by atoms with Gasteiger partial charge in [-0.1, -0.05) is 41.5 Å². The second kappa shape index (κ2) is 18.6. The molecule has 0 aliphatic heterocycles. The summed E-state index contributed by atoms with van der Waals surface area (Å²) in [7, 11) is -2.10. The quantitative estimate of drug-likeness (QED) is 0.0651. The van der Waals surface area contributed by atoms with Gasteiger partial charge in [0, 0.05) is 18.9 Å². The first-order valence-corrected chi connectivity index (χ1v) is 14.1. The van der Waals surface area contributed by atoms with Crippen LogP contribution in [0.3, 0.4) is 0 Å². The van der Waals surface area contributed by atoms with E-state index in [1.165, 1.54) is 14.2 Å². The normalized spacial score (nSPS) is 16.3. The molecule has 0 radical (unpaired) electrons. The Bertz CT molecular complexity index is 769. The molecule has 4 atom stereocenters. The highest BCUT2D eigenvalue weighted by Gasteiger charge is 2.40. The van der Waals surface area contributed by atoms with Crippen LogP contribution < -0.4 is 5.73 Å². The Kier molecular flexibility index (Phi) is 17.4. The van der Waals surface area contributed by atoms with E-state index in [2.05, 4.69) is 9.50 Å². The fourth-order valence-electron chi connectivity index (χ4n) is 2.37. The summed E-state index contributed by atoms with van der Waals surface area (Å²) in [4.78, 5) is 37.1. The number of likely N-dealkylation sites (N-methyl/N-ethyl adjacent to an activating group) is 1. The third-order valence-electron chi connectivity index (χ3n) is 5.17. The van der Waals surface area contributed by atoms with Crippen molar-refractivity contribution in [2.24, 2.45) is 22.3 Å². The first-order valence-electron chi connectivity index (χ1n) is 12.6. The fraction of sp³-hybridized carbons (Fsp3) is 0.826. The fourth-order valence-corrected chi connectivity index (χ4v) is 3.95. The van der Waals surface area contributed by atoms with Gasteiger partial charge in [0.05, 0.1) is 20.3 Å². The molecule has 14 nitrogen and oxygen atoms in total. The summed E-state index contributed by atoms with van der Waals surface area (Å²) >= 11 is 0. The summed E-state index contributed by atoms with van der Waals surface area (Å²) in [5.41, 5.74) is 5.98. The molecule has 15 heteroatoms. The molecule has 0 saturated heterocycles. The number of rotatable bonds is 17. The molecule has 0 aromatic carbocycles. The van der Waals surface area contributed by atoms with Crippen molar-refractivity contribution in [1.82, 2.24) is 4.90 Å². The molecule has 0 aliphatic rings. The molecule has 0 aliphatic carbocycles. The van der Waals surface area contributed by atoms with Gasteiger partial charge in [0.25, 0.3) is 0 Å². The van der Waals surface area contributed by atoms with Gasteiger partial charge in [-0.15, -0.1) is 4.76 Å². The van der Waals surface area contributed by atoms with E-state index in [4.69, 9.17) is 33.7 Å². The van der Waals surface area contributed by atoms with E-state index in [-0.39, 0.29) is 19.8 Å². The summed E-state index contributed by atoms with van der Waals surface area (Å²) in [6, 6.07) is 0. The van der Waals surface area contributed by atoms with E-state index in [1.54, 1.807) is 41.5 Å². The van der Waals surface area contributed by atoms with Crippen molar-refractivity contribution in [1.29, 1.82) is 0 Å². The number of carbonyl (C=O) groups excluding carboxylic acids is 3. The van der Waals surface area contributed by atoms with E-state index in [0.717, 1.165) is 4.90 Å². The maximum absolute atomic E-state index is 14.0. The average Bonchev–Trinajstić information content (AvgIpc) is 2.88. The lowest BCUT2D eigenvalue weighted by molar-refractivity contribution is -0.140. The average molecular weight is 570 g/mol. The number of ether oxygens (including phenoxy) is 5. The second-order valence-corrected chi connectivity index (χ2v) is 10.1. The van der Waals surface area contributed by atoms with E-state index in [1.807, 2.05) is 0 Å². The largest absolute Gasteiger partial charge is 0.510 e. The molecule has 0 aromatic heterocycles. The smallest absolute Gasteiger partial charge is 0.468 e. The Balaban J connectivity index is 6.31. The predicted molar refractivity (Wildman–Crippen MR) is 138 cm³/mol. The van der Waals surface area contributed by atoms with Gasteiger partial charge in [0.1, 0.15) is 6.54 Å². The van der Waals surface area contributed by atoms with Gasteiger partial charge in [-0.2, -0.15) is 0 Å². The summed E-state index contributed by atoms with van der Waals surface area (Å²) in [6.45, 7) is 10.5. The van der Waals surface area contributed by atoms with Crippen LogP contribution in [-0.2, 0) is 42.1 Å². The molecule has 0 rings (SSSR count). The lowest BCUT2D eigenvalue weighted by atomic mass is 10.1. The van der Waals surface area contributed by atoms with Crippen LogP contribution in [0.15, 0.2) is 4.76 Å².